The van der Waals surface area contributed by atoms with E-state index in [0.717, 1.165) is 5.57 Å². The van der Waals surface area contributed by atoms with Crippen LogP contribution in [-0.4, -0.2) is 43.6 Å². The molecule has 0 spiro atoms. The van der Waals surface area contributed by atoms with Crippen molar-refractivity contribution in [1.29, 1.82) is 5.26 Å². The molecule has 2 fully saturated rings. The van der Waals surface area contributed by atoms with Crippen LogP contribution in [0.25, 0.3) is 0 Å². The summed E-state index contributed by atoms with van der Waals surface area (Å²) in [5.41, 5.74) is 1.01. The normalized spacial score (nSPS) is 30.5. The van der Waals surface area contributed by atoms with Crippen LogP contribution >= 0.6 is 0 Å². The number of rotatable bonds is 3. The van der Waals surface area contributed by atoms with Crippen molar-refractivity contribution in [2.24, 2.45) is 11.8 Å². The highest BCUT2D eigenvalue weighted by Gasteiger charge is 2.51. The van der Waals surface area contributed by atoms with Gasteiger partial charge >= 0.3 is 7.12 Å². The predicted molar refractivity (Wildman–Crippen MR) is 70.9 cm³/mol. The average molecular weight is 262 g/mol. The smallest absolute Gasteiger partial charge is 0.407 e. The van der Waals surface area contributed by atoms with Gasteiger partial charge in [0.15, 0.2) is 0 Å². The molecule has 0 aromatic heterocycles. The summed E-state index contributed by atoms with van der Waals surface area (Å²) in [6, 6.07) is 2.22. The number of likely N-dealkylation sites (tertiary alicyclic amines) is 1. The first-order valence-electron chi connectivity index (χ1n) is 6.59. The maximum absolute atomic E-state index is 11.8. The van der Waals surface area contributed by atoms with Crippen molar-refractivity contribution in [2.45, 2.75) is 26.2 Å². The highest BCUT2D eigenvalue weighted by atomic mass is 16.6. The Hall–Kier alpha value is -1.32. The fraction of sp³-hybridized carbons (Fsp3) is 0.692. The molecule has 19 heavy (non-hydrogen) atoms. The highest BCUT2D eigenvalue weighted by Crippen LogP contribution is 2.38. The number of amides is 1. The average Bonchev–Trinajstić information content (AvgIpc) is 2.94. The second-order valence-electron chi connectivity index (χ2n) is 5.25. The van der Waals surface area contributed by atoms with Crippen LogP contribution in [0.2, 0.25) is 0 Å². The number of nitriles is 1. The molecule has 0 aromatic carbocycles. The largest absolute Gasteiger partial charge is 0.481 e. The molecule has 6 heteroatoms. The van der Waals surface area contributed by atoms with Crippen LogP contribution in [0.3, 0.4) is 0 Å². The Kier molecular flexibility index (Phi) is 4.28. The minimum atomic E-state index is -0.411. The van der Waals surface area contributed by atoms with E-state index in [4.69, 9.17) is 14.6 Å². The SMILES string of the molecule is C=C(C)[C@H]1CN(C(C)=O)[C@H](B2OCCO2)[C@H]1CC#N. The second-order valence-corrected chi connectivity index (χ2v) is 5.25. The molecule has 0 unspecified atom stereocenters. The Morgan fingerprint density at radius 1 is 1.47 bits per heavy atom. The van der Waals surface area contributed by atoms with E-state index >= 15 is 0 Å². The van der Waals surface area contributed by atoms with Crippen LogP contribution in [0.4, 0.5) is 0 Å². The molecule has 0 radical (unpaired) electrons. The number of nitrogens with zero attached hydrogens (tertiary/aromatic N) is 2. The van der Waals surface area contributed by atoms with Crippen molar-refractivity contribution in [3.05, 3.63) is 12.2 Å². The second kappa shape index (κ2) is 5.76. The number of carbonyl (C=O) groups excluding carboxylic acids is 1. The van der Waals surface area contributed by atoms with Crippen molar-refractivity contribution in [3.8, 4) is 6.07 Å². The van der Waals surface area contributed by atoms with Crippen molar-refractivity contribution in [3.63, 3.8) is 0 Å². The van der Waals surface area contributed by atoms with E-state index in [-0.39, 0.29) is 23.7 Å². The third-order valence-electron chi connectivity index (χ3n) is 4.00. The van der Waals surface area contributed by atoms with Gasteiger partial charge in [0.2, 0.25) is 5.91 Å². The van der Waals surface area contributed by atoms with Crippen LogP contribution in [0, 0.1) is 23.2 Å². The first-order chi connectivity index (χ1) is 9.06. The Labute approximate surface area is 114 Å². The fourth-order valence-corrected chi connectivity index (χ4v) is 3.09. The fourth-order valence-electron chi connectivity index (χ4n) is 3.09. The third kappa shape index (κ3) is 2.67. The van der Waals surface area contributed by atoms with Crippen molar-refractivity contribution in [2.75, 3.05) is 19.8 Å². The van der Waals surface area contributed by atoms with Gasteiger partial charge < -0.3 is 14.2 Å². The molecule has 0 bridgehead atoms. The summed E-state index contributed by atoms with van der Waals surface area (Å²) >= 11 is 0. The van der Waals surface area contributed by atoms with Crippen LogP contribution in [0.15, 0.2) is 12.2 Å². The zero-order valence-electron chi connectivity index (χ0n) is 11.5. The summed E-state index contributed by atoms with van der Waals surface area (Å²) in [6.45, 7) is 9.19. The van der Waals surface area contributed by atoms with Gasteiger partial charge in [-0.05, 0) is 12.8 Å². The molecule has 5 nitrogen and oxygen atoms in total. The maximum Gasteiger partial charge on any atom is 0.481 e. The summed E-state index contributed by atoms with van der Waals surface area (Å²) in [6.07, 6.45) is 0.384. The zero-order chi connectivity index (χ0) is 14.0. The van der Waals surface area contributed by atoms with E-state index in [0.29, 0.717) is 26.2 Å². The van der Waals surface area contributed by atoms with Gasteiger partial charge in [-0.1, -0.05) is 12.2 Å². The third-order valence-corrected chi connectivity index (χ3v) is 4.00. The van der Waals surface area contributed by atoms with E-state index in [9.17, 15) is 4.79 Å². The zero-order valence-corrected chi connectivity index (χ0v) is 11.5. The van der Waals surface area contributed by atoms with E-state index in [1.807, 2.05) is 6.92 Å². The van der Waals surface area contributed by atoms with Gasteiger partial charge in [-0.3, -0.25) is 4.79 Å². The van der Waals surface area contributed by atoms with Crippen molar-refractivity contribution in [1.82, 2.24) is 4.90 Å². The summed E-state index contributed by atoms with van der Waals surface area (Å²) in [7, 11) is -0.411. The molecular weight excluding hydrogens is 243 g/mol. The Bertz CT molecular complexity index is 415. The lowest BCUT2D eigenvalue weighted by atomic mass is 9.67. The van der Waals surface area contributed by atoms with Crippen molar-refractivity contribution >= 4 is 13.0 Å². The van der Waals surface area contributed by atoms with E-state index in [2.05, 4.69) is 12.6 Å². The van der Waals surface area contributed by atoms with Crippen LogP contribution in [0.1, 0.15) is 20.3 Å². The maximum atomic E-state index is 11.8. The summed E-state index contributed by atoms with van der Waals surface area (Å²) < 4.78 is 11.1. The molecule has 0 aliphatic carbocycles. The van der Waals surface area contributed by atoms with Gasteiger partial charge in [-0.2, -0.15) is 5.26 Å². The van der Waals surface area contributed by atoms with E-state index < -0.39 is 7.12 Å². The summed E-state index contributed by atoms with van der Waals surface area (Å²) in [4.78, 5) is 13.6. The first-order valence-corrected chi connectivity index (χ1v) is 6.59. The minimum Gasteiger partial charge on any atom is -0.407 e. The Morgan fingerprint density at radius 3 is 2.58 bits per heavy atom. The molecule has 3 atom stereocenters. The molecule has 1 amide bonds. The van der Waals surface area contributed by atoms with E-state index in [1.165, 1.54) is 0 Å². The summed E-state index contributed by atoms with van der Waals surface area (Å²) in [5.74, 6) is -0.00649. The number of hydrogen-bond donors (Lipinski definition) is 0. The van der Waals surface area contributed by atoms with Gasteiger partial charge in [0.25, 0.3) is 0 Å². The number of hydrogen-bond acceptors (Lipinski definition) is 4. The highest BCUT2D eigenvalue weighted by molar-refractivity contribution is 6.47. The standard InChI is InChI=1S/C13H19BN2O3/c1-9(2)12-8-16(10(3)17)13(11(12)4-5-15)14-18-6-7-19-14/h11-13H,1,4,6-8H2,2-3H3/t11-,12+,13-/m0/s1. The molecule has 2 aliphatic rings. The lowest BCUT2D eigenvalue weighted by Crippen LogP contribution is -2.48. The van der Waals surface area contributed by atoms with Crippen molar-refractivity contribution < 1.29 is 14.1 Å². The molecule has 2 rings (SSSR count). The molecule has 0 saturated carbocycles. The predicted octanol–water partition coefficient (Wildman–Crippen LogP) is 1.01. The lowest BCUT2D eigenvalue weighted by molar-refractivity contribution is -0.129. The monoisotopic (exact) mass is 262 g/mol. The van der Waals surface area contributed by atoms with Gasteiger partial charge in [-0.25, -0.2) is 0 Å². The van der Waals surface area contributed by atoms with Gasteiger partial charge in [0.05, 0.1) is 25.2 Å². The van der Waals surface area contributed by atoms with Crippen LogP contribution < -0.4 is 0 Å². The molecule has 2 heterocycles. The molecule has 2 aliphatic heterocycles. The van der Waals surface area contributed by atoms with Crippen LogP contribution in [-0.2, 0) is 14.1 Å². The van der Waals surface area contributed by atoms with E-state index in [1.54, 1.807) is 11.8 Å². The Morgan fingerprint density at radius 2 is 2.11 bits per heavy atom. The molecule has 0 aromatic rings. The molecule has 0 N–H and O–H groups in total. The van der Waals surface area contributed by atoms with Gasteiger partial charge in [0.1, 0.15) is 0 Å². The molecule has 2 saturated heterocycles. The van der Waals surface area contributed by atoms with Crippen LogP contribution in [0.5, 0.6) is 0 Å². The topological polar surface area (TPSA) is 62.6 Å². The van der Waals surface area contributed by atoms with Gasteiger partial charge in [-0.15, -0.1) is 0 Å². The minimum absolute atomic E-state index is 0.00390. The quantitative estimate of drug-likeness (QED) is 0.562. The summed E-state index contributed by atoms with van der Waals surface area (Å²) in [5, 5.41) is 9.05. The first kappa shape index (κ1) is 14.1. The molecular formula is C13H19BN2O3. The number of carbonyl (C=O) groups is 1. The Balaban J connectivity index is 2.28. The van der Waals surface area contributed by atoms with Gasteiger partial charge in [0, 0.05) is 25.8 Å². The molecule has 102 valence electrons. The lowest BCUT2D eigenvalue weighted by Gasteiger charge is -2.27.